The van der Waals surface area contributed by atoms with E-state index < -0.39 is 0 Å². The lowest BCUT2D eigenvalue weighted by Crippen LogP contribution is -2.44. The molecule has 0 aliphatic carbocycles. The van der Waals surface area contributed by atoms with Gasteiger partial charge in [-0.2, -0.15) is 0 Å². The van der Waals surface area contributed by atoms with Crippen LogP contribution in [-0.2, 0) is 7.05 Å². The molecule has 25 heavy (non-hydrogen) atoms. The van der Waals surface area contributed by atoms with Crippen LogP contribution < -0.4 is 15.8 Å². The Morgan fingerprint density at radius 3 is 2.56 bits per heavy atom. The number of aromatic nitrogens is 2. The zero-order valence-electron chi connectivity index (χ0n) is 14.0. The molecule has 0 unspecified atom stereocenters. The van der Waals surface area contributed by atoms with Gasteiger partial charge in [0, 0.05) is 51.0 Å². The van der Waals surface area contributed by atoms with E-state index in [0.717, 1.165) is 48.3 Å². The first-order valence-corrected chi connectivity index (χ1v) is 8.35. The Balaban J connectivity index is 2.11. The number of halogens is 1. The SMILES string of the molecule is Cn1c(=O)c(-c2ccncc2)c(N2CCNCC2)c2cc(F)ccc21. The average molecular weight is 338 g/mol. The van der Waals surface area contributed by atoms with Gasteiger partial charge in [-0.15, -0.1) is 0 Å². The molecule has 1 fully saturated rings. The molecular weight excluding hydrogens is 319 g/mol. The number of nitrogens with one attached hydrogen (secondary N) is 1. The predicted octanol–water partition coefficient (Wildman–Crippen LogP) is 2.15. The first kappa shape index (κ1) is 15.8. The van der Waals surface area contributed by atoms with Crippen molar-refractivity contribution < 1.29 is 4.39 Å². The minimum atomic E-state index is -0.303. The lowest BCUT2D eigenvalue weighted by molar-refractivity contribution is 0.590. The van der Waals surface area contributed by atoms with Crippen molar-refractivity contribution in [1.29, 1.82) is 0 Å². The van der Waals surface area contributed by atoms with Crippen molar-refractivity contribution in [2.24, 2.45) is 7.05 Å². The first-order chi connectivity index (χ1) is 12.2. The molecule has 0 radical (unpaired) electrons. The predicted molar refractivity (Wildman–Crippen MR) is 97.5 cm³/mol. The molecule has 3 heterocycles. The Morgan fingerprint density at radius 2 is 1.84 bits per heavy atom. The molecule has 5 nitrogen and oxygen atoms in total. The second-order valence-corrected chi connectivity index (χ2v) is 6.22. The molecule has 0 atom stereocenters. The van der Waals surface area contributed by atoms with Gasteiger partial charge < -0.3 is 14.8 Å². The van der Waals surface area contributed by atoms with E-state index in [2.05, 4.69) is 15.2 Å². The largest absolute Gasteiger partial charge is 0.368 e. The van der Waals surface area contributed by atoms with E-state index in [1.165, 1.54) is 12.1 Å². The van der Waals surface area contributed by atoms with Gasteiger partial charge in [0.1, 0.15) is 5.82 Å². The van der Waals surface area contributed by atoms with Crippen molar-refractivity contribution in [2.45, 2.75) is 0 Å². The fourth-order valence-corrected chi connectivity index (χ4v) is 3.50. The summed E-state index contributed by atoms with van der Waals surface area (Å²) in [7, 11) is 1.73. The number of anilines is 1. The number of piperazine rings is 1. The Bertz CT molecular complexity index is 978. The third kappa shape index (κ3) is 2.68. The van der Waals surface area contributed by atoms with Gasteiger partial charge in [0.2, 0.25) is 0 Å². The monoisotopic (exact) mass is 338 g/mol. The molecule has 1 saturated heterocycles. The molecule has 4 rings (SSSR count). The van der Waals surface area contributed by atoms with Crippen LogP contribution in [0, 0.1) is 5.82 Å². The highest BCUT2D eigenvalue weighted by atomic mass is 19.1. The molecule has 1 aliphatic heterocycles. The van der Waals surface area contributed by atoms with Gasteiger partial charge in [-0.05, 0) is 35.9 Å². The highest BCUT2D eigenvalue weighted by Crippen LogP contribution is 2.35. The van der Waals surface area contributed by atoms with Crippen molar-refractivity contribution in [1.82, 2.24) is 14.9 Å². The molecule has 2 aromatic heterocycles. The van der Waals surface area contributed by atoms with Gasteiger partial charge in [0.25, 0.3) is 5.56 Å². The molecule has 0 spiro atoms. The van der Waals surface area contributed by atoms with Crippen LogP contribution in [0.4, 0.5) is 10.1 Å². The minimum Gasteiger partial charge on any atom is -0.368 e. The Morgan fingerprint density at radius 1 is 1.12 bits per heavy atom. The number of nitrogens with zero attached hydrogens (tertiary/aromatic N) is 3. The molecule has 1 N–H and O–H groups in total. The number of hydrogen-bond donors (Lipinski definition) is 1. The third-order valence-corrected chi connectivity index (χ3v) is 4.73. The summed E-state index contributed by atoms with van der Waals surface area (Å²) in [6.07, 6.45) is 3.35. The van der Waals surface area contributed by atoms with Gasteiger partial charge in [-0.3, -0.25) is 9.78 Å². The maximum absolute atomic E-state index is 14.0. The van der Waals surface area contributed by atoms with Gasteiger partial charge >= 0.3 is 0 Å². The Hall–Kier alpha value is -2.73. The topological polar surface area (TPSA) is 50.2 Å². The van der Waals surface area contributed by atoms with Gasteiger partial charge in [0.05, 0.1) is 16.8 Å². The molecule has 3 aromatic rings. The number of pyridine rings is 2. The van der Waals surface area contributed by atoms with Crippen LogP contribution in [0.5, 0.6) is 0 Å². The second-order valence-electron chi connectivity index (χ2n) is 6.22. The fourth-order valence-electron chi connectivity index (χ4n) is 3.50. The molecule has 0 amide bonds. The van der Waals surface area contributed by atoms with Crippen LogP contribution in [0.3, 0.4) is 0 Å². The molecule has 1 aromatic carbocycles. The number of hydrogen-bond acceptors (Lipinski definition) is 4. The van der Waals surface area contributed by atoms with E-state index in [9.17, 15) is 9.18 Å². The van der Waals surface area contributed by atoms with Gasteiger partial charge in [-0.25, -0.2) is 4.39 Å². The van der Waals surface area contributed by atoms with Crippen molar-refractivity contribution >= 4 is 16.6 Å². The summed E-state index contributed by atoms with van der Waals surface area (Å²) < 4.78 is 15.6. The van der Waals surface area contributed by atoms with E-state index in [0.29, 0.717) is 5.56 Å². The fraction of sp³-hybridized carbons (Fsp3) is 0.263. The van der Waals surface area contributed by atoms with Crippen LogP contribution in [0.1, 0.15) is 0 Å². The zero-order valence-corrected chi connectivity index (χ0v) is 14.0. The summed E-state index contributed by atoms with van der Waals surface area (Å²) in [5.41, 5.74) is 2.86. The van der Waals surface area contributed by atoms with Crippen LogP contribution in [0.15, 0.2) is 47.5 Å². The van der Waals surface area contributed by atoms with E-state index in [-0.39, 0.29) is 11.4 Å². The quantitative estimate of drug-likeness (QED) is 0.778. The van der Waals surface area contributed by atoms with E-state index in [1.807, 2.05) is 12.1 Å². The lowest BCUT2D eigenvalue weighted by Gasteiger charge is -2.32. The standard InChI is InChI=1S/C19H19FN4O/c1-23-16-3-2-14(20)12-15(16)18(24-10-8-22-9-11-24)17(19(23)25)13-4-6-21-7-5-13/h2-7,12,22H,8-11H2,1H3. The van der Waals surface area contributed by atoms with Crippen LogP contribution in [-0.4, -0.2) is 35.7 Å². The summed E-state index contributed by atoms with van der Waals surface area (Å²) >= 11 is 0. The summed E-state index contributed by atoms with van der Waals surface area (Å²) in [6.45, 7) is 3.22. The molecule has 1 aliphatic rings. The summed E-state index contributed by atoms with van der Waals surface area (Å²) in [5, 5.41) is 4.08. The Labute approximate surface area is 144 Å². The maximum atomic E-state index is 14.0. The second kappa shape index (κ2) is 6.29. The summed E-state index contributed by atoms with van der Waals surface area (Å²) in [4.78, 5) is 19.4. The lowest BCUT2D eigenvalue weighted by atomic mass is 10.0. The van der Waals surface area contributed by atoms with E-state index in [1.54, 1.807) is 30.1 Å². The molecule has 0 bridgehead atoms. The normalized spacial score (nSPS) is 14.9. The van der Waals surface area contributed by atoms with Gasteiger partial charge in [0.15, 0.2) is 0 Å². The molecular formula is C19H19FN4O. The molecule has 0 saturated carbocycles. The van der Waals surface area contributed by atoms with Crippen molar-refractivity contribution in [2.75, 3.05) is 31.1 Å². The zero-order chi connectivity index (χ0) is 17.4. The number of rotatable bonds is 2. The summed E-state index contributed by atoms with van der Waals surface area (Å²) in [5.74, 6) is -0.303. The van der Waals surface area contributed by atoms with Crippen molar-refractivity contribution in [3.63, 3.8) is 0 Å². The minimum absolute atomic E-state index is 0.0844. The molecule has 128 valence electrons. The number of aryl methyl sites for hydroxylation is 1. The van der Waals surface area contributed by atoms with Crippen molar-refractivity contribution in [3.8, 4) is 11.1 Å². The number of fused-ring (bicyclic) bond motifs is 1. The van der Waals surface area contributed by atoms with Crippen LogP contribution >= 0.6 is 0 Å². The Kier molecular flexibility index (Phi) is 3.97. The third-order valence-electron chi connectivity index (χ3n) is 4.73. The van der Waals surface area contributed by atoms with Crippen LogP contribution in [0.2, 0.25) is 0 Å². The van der Waals surface area contributed by atoms with Gasteiger partial charge in [-0.1, -0.05) is 0 Å². The van der Waals surface area contributed by atoms with Crippen LogP contribution in [0.25, 0.3) is 22.0 Å². The molecule has 6 heteroatoms. The first-order valence-electron chi connectivity index (χ1n) is 8.35. The smallest absolute Gasteiger partial charge is 0.260 e. The van der Waals surface area contributed by atoms with E-state index >= 15 is 0 Å². The summed E-state index contributed by atoms with van der Waals surface area (Å²) in [6, 6.07) is 8.25. The highest BCUT2D eigenvalue weighted by molar-refractivity contribution is 6.00. The highest BCUT2D eigenvalue weighted by Gasteiger charge is 2.23. The maximum Gasteiger partial charge on any atom is 0.260 e. The average Bonchev–Trinajstić information content (AvgIpc) is 2.65. The van der Waals surface area contributed by atoms with E-state index in [4.69, 9.17) is 0 Å². The number of benzene rings is 1. The van der Waals surface area contributed by atoms with Crippen molar-refractivity contribution in [3.05, 3.63) is 58.9 Å².